The molecule has 6 atom stereocenters. The number of carbonyl (C=O) groups is 10. The van der Waals surface area contributed by atoms with Gasteiger partial charge in [-0.2, -0.15) is 11.8 Å². The van der Waals surface area contributed by atoms with Gasteiger partial charge in [0, 0.05) is 49.7 Å². The largest absolute Gasteiger partial charge is 0.481 e. The molecular formula is C56H74FN10O14PS. The van der Waals surface area contributed by atoms with E-state index in [0.29, 0.717) is 27.8 Å². The maximum Gasteiger partial charge on any atom is 0.329 e. The van der Waals surface area contributed by atoms with E-state index in [1.807, 2.05) is 13.8 Å². The zero-order valence-electron chi connectivity index (χ0n) is 47.0. The SMILES string of the molecule is CSCC[C@H](NC(=O)[C@H](Cc1ccccc1)NC(C)=O)C(=O)NC(C)(C)C(=O)N[C@@H](Cc1ccc(CP(=O)(O)O)cc1)C(=O)N[C@H](Cc1c[nH]c2cc(F)ccc12)C(=O)N[C@@H](CCC(=O)O)C(=O)NC1(C(=O)N[C@@H](CC(C)C)C(N)=O)CC1. The Hall–Kier alpha value is -7.67. The van der Waals surface area contributed by atoms with Crippen molar-refractivity contribution in [3.8, 4) is 0 Å². The third kappa shape index (κ3) is 20.6. The van der Waals surface area contributed by atoms with Crippen molar-refractivity contribution < 1.29 is 71.8 Å². The molecule has 1 heterocycles. The Labute approximate surface area is 483 Å². The highest BCUT2D eigenvalue weighted by atomic mass is 32.2. The minimum atomic E-state index is -4.50. The molecule has 0 saturated heterocycles. The summed E-state index contributed by atoms with van der Waals surface area (Å²) in [6.07, 6.45) is 1.44. The lowest BCUT2D eigenvalue weighted by molar-refractivity contribution is -0.139. The van der Waals surface area contributed by atoms with Crippen LogP contribution in [0.1, 0.15) is 95.4 Å². The Bertz CT molecular complexity index is 3060. The maximum absolute atomic E-state index is 14.9. The van der Waals surface area contributed by atoms with E-state index in [-0.39, 0.29) is 56.4 Å². The number of rotatable bonds is 32. The van der Waals surface area contributed by atoms with Gasteiger partial charge < -0.3 is 68.1 Å². The van der Waals surface area contributed by atoms with Crippen molar-refractivity contribution in [2.45, 2.75) is 146 Å². The summed E-state index contributed by atoms with van der Waals surface area (Å²) in [6, 6.07) is 10.1. The lowest BCUT2D eigenvalue weighted by Crippen LogP contribution is -2.63. The standard InChI is InChI=1S/C56H74FN10O14PS/c1-31(2)24-42(47(58)71)64-54(78)56(21-22-56)67-52(76)39(18-19-46(69)70)61-50(74)45(27-36-29-59-41-28-37(57)16-17-38(36)41)63-49(73)44(26-34-12-14-35(15-13-34)30-82(79,80)81)65-53(77)55(4,5)66-51(75)40(20-23-83-6)62-48(72)43(60-32(3)68)25-33-10-8-7-9-11-33/h7-17,28-29,31,39-40,42-45,59H,18-27,30H2,1-6H3,(H2,58,71)(H,60,68)(H,61,74)(H,62,72)(H,63,73)(H,64,78)(H,65,77)(H,66,75)(H,67,76)(H,69,70)(H2,79,80,81)/t39-,40-,42-,43-,44-,45+/m0/s1. The number of hydrogen-bond donors (Lipinski definition) is 13. The summed E-state index contributed by atoms with van der Waals surface area (Å²) in [7, 11) is -4.50. The number of carboxylic acid groups (broad SMARTS) is 1. The molecule has 0 unspecified atom stereocenters. The molecule has 5 rings (SSSR count). The zero-order valence-corrected chi connectivity index (χ0v) is 48.7. The highest BCUT2D eigenvalue weighted by Crippen LogP contribution is 2.39. The molecule has 9 amide bonds. The van der Waals surface area contributed by atoms with Gasteiger partial charge >= 0.3 is 13.6 Å². The molecule has 14 N–H and O–H groups in total. The first-order valence-corrected chi connectivity index (χ1v) is 30.0. The van der Waals surface area contributed by atoms with Crippen LogP contribution in [0.2, 0.25) is 0 Å². The number of hydrogen-bond acceptors (Lipinski definition) is 12. The van der Waals surface area contributed by atoms with Crippen LogP contribution in [-0.2, 0) is 77.9 Å². The van der Waals surface area contributed by atoms with E-state index in [2.05, 4.69) is 47.5 Å². The van der Waals surface area contributed by atoms with Crippen LogP contribution in [-0.4, -0.2) is 138 Å². The van der Waals surface area contributed by atoms with Crippen molar-refractivity contribution in [2.24, 2.45) is 11.7 Å². The first-order valence-electron chi connectivity index (χ1n) is 26.8. The summed E-state index contributed by atoms with van der Waals surface area (Å²) in [5.74, 6) is -9.02. The molecule has 0 bridgehead atoms. The van der Waals surface area contributed by atoms with Gasteiger partial charge in [-0.05, 0) is 104 Å². The van der Waals surface area contributed by atoms with E-state index in [1.165, 1.54) is 81.2 Å². The molecule has 1 saturated carbocycles. The third-order valence-electron chi connectivity index (χ3n) is 13.7. The van der Waals surface area contributed by atoms with Crippen molar-refractivity contribution in [1.82, 2.24) is 47.5 Å². The topological polar surface area (TPSA) is 387 Å². The van der Waals surface area contributed by atoms with Crippen LogP contribution in [0.3, 0.4) is 0 Å². The molecular weight excluding hydrogens is 1120 g/mol. The zero-order chi connectivity index (χ0) is 61.4. The van der Waals surface area contributed by atoms with Crippen LogP contribution in [0.15, 0.2) is 79.0 Å². The van der Waals surface area contributed by atoms with E-state index in [9.17, 15) is 71.8 Å². The van der Waals surface area contributed by atoms with Crippen molar-refractivity contribution in [1.29, 1.82) is 0 Å². The molecule has 24 nitrogen and oxygen atoms in total. The van der Waals surface area contributed by atoms with Crippen molar-refractivity contribution >= 4 is 89.4 Å². The number of primary amides is 1. The number of aromatic amines is 1. The van der Waals surface area contributed by atoms with E-state index >= 15 is 0 Å². The summed E-state index contributed by atoms with van der Waals surface area (Å²) in [5, 5.41) is 31.2. The number of aromatic nitrogens is 1. The summed E-state index contributed by atoms with van der Waals surface area (Å²) in [4.78, 5) is 158. The molecule has 1 fully saturated rings. The van der Waals surface area contributed by atoms with Crippen LogP contribution in [0.25, 0.3) is 10.9 Å². The maximum atomic E-state index is 14.9. The molecule has 0 aliphatic heterocycles. The first kappa shape index (κ1) is 66.1. The van der Waals surface area contributed by atoms with Crippen molar-refractivity contribution in [3.63, 3.8) is 0 Å². The number of aliphatic carboxylic acids is 1. The minimum Gasteiger partial charge on any atom is -0.481 e. The molecule has 3 aromatic carbocycles. The monoisotopic (exact) mass is 1190 g/mol. The Morgan fingerprint density at radius 2 is 1.27 bits per heavy atom. The smallest absolute Gasteiger partial charge is 0.329 e. The molecule has 83 heavy (non-hydrogen) atoms. The molecule has 1 aliphatic rings. The summed E-state index contributed by atoms with van der Waals surface area (Å²) < 4.78 is 26.2. The van der Waals surface area contributed by atoms with E-state index < -0.39 is 139 Å². The Morgan fingerprint density at radius 1 is 0.711 bits per heavy atom. The van der Waals surface area contributed by atoms with E-state index in [4.69, 9.17) is 5.73 Å². The van der Waals surface area contributed by atoms with Crippen LogP contribution in [0, 0.1) is 11.7 Å². The molecule has 1 aromatic heterocycles. The number of amides is 9. The predicted molar refractivity (Wildman–Crippen MR) is 306 cm³/mol. The van der Waals surface area contributed by atoms with Gasteiger partial charge in [0.15, 0.2) is 0 Å². The number of fused-ring (bicyclic) bond motifs is 1. The number of nitrogens with one attached hydrogen (secondary N) is 9. The molecule has 0 spiro atoms. The predicted octanol–water partition coefficient (Wildman–Crippen LogP) is 1.63. The average Bonchev–Trinajstić information content (AvgIpc) is 2.77. The summed E-state index contributed by atoms with van der Waals surface area (Å²) >= 11 is 1.38. The average molecular weight is 1190 g/mol. The number of halogens is 1. The number of benzene rings is 3. The van der Waals surface area contributed by atoms with Crippen LogP contribution < -0.4 is 48.3 Å². The number of carbonyl (C=O) groups excluding carboxylic acids is 9. The normalized spacial score (nSPS) is 15.0. The van der Waals surface area contributed by atoms with Crippen molar-refractivity contribution in [2.75, 3.05) is 12.0 Å². The summed E-state index contributed by atoms with van der Waals surface area (Å²) in [6.45, 7) is 7.55. The van der Waals surface area contributed by atoms with Gasteiger partial charge in [-0.1, -0.05) is 68.4 Å². The van der Waals surface area contributed by atoms with Gasteiger partial charge in [-0.3, -0.25) is 52.5 Å². The second kappa shape index (κ2) is 29.5. The molecule has 4 aromatic rings. The van der Waals surface area contributed by atoms with Crippen LogP contribution in [0.5, 0.6) is 0 Å². The fraction of sp³-hybridized carbons (Fsp3) is 0.464. The van der Waals surface area contributed by atoms with E-state index in [0.717, 1.165) is 5.56 Å². The highest BCUT2D eigenvalue weighted by molar-refractivity contribution is 7.98. The number of carboxylic acids is 1. The Kier molecular flexibility index (Phi) is 23.5. The fourth-order valence-electron chi connectivity index (χ4n) is 9.04. The van der Waals surface area contributed by atoms with Gasteiger partial charge in [0.05, 0.1) is 6.16 Å². The van der Waals surface area contributed by atoms with Gasteiger partial charge in [-0.15, -0.1) is 0 Å². The van der Waals surface area contributed by atoms with Crippen molar-refractivity contribution in [3.05, 3.63) is 107 Å². The van der Waals surface area contributed by atoms with Gasteiger partial charge in [-0.25, -0.2) is 4.39 Å². The van der Waals surface area contributed by atoms with Gasteiger partial charge in [0.1, 0.15) is 53.1 Å². The number of nitrogens with two attached hydrogens (primary N) is 1. The quantitative estimate of drug-likeness (QED) is 0.0309. The Morgan fingerprint density at radius 3 is 1.81 bits per heavy atom. The minimum absolute atomic E-state index is 0.0500. The van der Waals surface area contributed by atoms with E-state index in [1.54, 1.807) is 36.6 Å². The second-order valence-corrected chi connectivity index (χ2v) is 24.3. The lowest BCUT2D eigenvalue weighted by Gasteiger charge is -2.31. The molecule has 450 valence electrons. The Balaban J connectivity index is 1.46. The van der Waals surface area contributed by atoms with Crippen LogP contribution in [0.4, 0.5) is 4.39 Å². The summed E-state index contributed by atoms with van der Waals surface area (Å²) in [5.41, 5.74) is 4.18. The lowest BCUT2D eigenvalue weighted by atomic mass is 9.98. The molecule has 27 heteroatoms. The number of H-pyrrole nitrogens is 1. The third-order valence-corrected chi connectivity index (χ3v) is 15.1. The molecule has 0 radical (unpaired) electrons. The van der Waals surface area contributed by atoms with Crippen LogP contribution >= 0.6 is 19.4 Å². The van der Waals surface area contributed by atoms with Gasteiger partial charge in [0.25, 0.3) is 0 Å². The van der Waals surface area contributed by atoms with Gasteiger partial charge in [0.2, 0.25) is 53.2 Å². The number of thioether (sulfide) groups is 1. The second-order valence-electron chi connectivity index (χ2n) is 21.7. The highest BCUT2D eigenvalue weighted by Gasteiger charge is 2.52. The first-order chi connectivity index (χ1) is 39.0. The fourth-order valence-corrected chi connectivity index (χ4v) is 10.2. The molecule has 1 aliphatic carbocycles.